The van der Waals surface area contributed by atoms with Gasteiger partial charge in [-0.3, -0.25) is 4.79 Å². The Labute approximate surface area is 197 Å². The first kappa shape index (κ1) is 23.1. The Morgan fingerprint density at radius 1 is 1.03 bits per heavy atom. The van der Waals surface area contributed by atoms with Crippen LogP contribution in [0.4, 0.5) is 10.1 Å². The molecule has 3 aromatic carbocycles. The van der Waals surface area contributed by atoms with Crippen LogP contribution in [-0.2, 0) is 4.74 Å². The number of aryl methyl sites for hydroxylation is 1. The fourth-order valence-corrected chi connectivity index (χ4v) is 3.39. The molecule has 0 radical (unpaired) electrons. The monoisotopic (exact) mass is 460 g/mol. The van der Waals surface area contributed by atoms with Gasteiger partial charge in [-0.25, -0.2) is 9.07 Å². The van der Waals surface area contributed by atoms with E-state index in [4.69, 9.17) is 9.47 Å². The molecule has 7 nitrogen and oxygen atoms in total. The molecule has 1 aromatic heterocycles. The maximum atomic E-state index is 13.2. The number of hydrogen-bond acceptors (Lipinski definition) is 5. The second kappa shape index (κ2) is 10.7. The minimum absolute atomic E-state index is 0.235. The minimum atomic E-state index is -0.396. The maximum absolute atomic E-state index is 13.2. The van der Waals surface area contributed by atoms with Crippen LogP contribution in [0, 0.1) is 12.7 Å². The number of halogens is 1. The van der Waals surface area contributed by atoms with Gasteiger partial charge >= 0.3 is 6.01 Å². The third-order valence-electron chi connectivity index (χ3n) is 5.09. The van der Waals surface area contributed by atoms with E-state index in [9.17, 15) is 9.18 Å². The van der Waals surface area contributed by atoms with Crippen molar-refractivity contribution < 1.29 is 18.7 Å². The van der Waals surface area contributed by atoms with Crippen LogP contribution in [0.25, 0.3) is 17.1 Å². The summed E-state index contributed by atoms with van der Waals surface area (Å²) in [6.45, 7) is 5.30. The second-order valence-electron chi connectivity index (χ2n) is 7.50. The van der Waals surface area contributed by atoms with E-state index in [1.165, 1.54) is 24.3 Å². The Morgan fingerprint density at radius 3 is 2.59 bits per heavy atom. The Hall–Kier alpha value is -4.04. The van der Waals surface area contributed by atoms with Crippen molar-refractivity contribution in [2.45, 2.75) is 13.8 Å². The molecule has 0 atom stereocenters. The van der Waals surface area contributed by atoms with Gasteiger partial charge in [0, 0.05) is 23.4 Å². The summed E-state index contributed by atoms with van der Waals surface area (Å²) in [7, 11) is 0. The van der Waals surface area contributed by atoms with Gasteiger partial charge in [-0.1, -0.05) is 30.3 Å². The fraction of sp³-hybridized carbons (Fsp3) is 0.192. The summed E-state index contributed by atoms with van der Waals surface area (Å²) in [4.78, 5) is 17.2. The Balaban J connectivity index is 1.64. The molecular weight excluding hydrogens is 435 g/mol. The lowest BCUT2D eigenvalue weighted by atomic mass is 10.1. The number of amides is 1. The maximum Gasteiger partial charge on any atom is 0.336 e. The first-order chi connectivity index (χ1) is 16.5. The highest BCUT2D eigenvalue weighted by atomic mass is 19.1. The van der Waals surface area contributed by atoms with Gasteiger partial charge in [0.05, 0.1) is 12.3 Å². The van der Waals surface area contributed by atoms with Crippen LogP contribution in [0.1, 0.15) is 22.8 Å². The predicted octanol–water partition coefficient (Wildman–Crippen LogP) is 5.05. The van der Waals surface area contributed by atoms with Crippen LogP contribution in [0.5, 0.6) is 6.01 Å². The molecule has 0 fully saturated rings. The highest BCUT2D eigenvalue weighted by Gasteiger charge is 2.17. The zero-order valence-electron chi connectivity index (χ0n) is 19.0. The highest BCUT2D eigenvalue weighted by Crippen LogP contribution is 2.27. The Kier molecular flexibility index (Phi) is 7.29. The smallest absolute Gasteiger partial charge is 0.336 e. The van der Waals surface area contributed by atoms with E-state index in [-0.39, 0.29) is 11.9 Å². The molecule has 0 unspecified atom stereocenters. The lowest BCUT2D eigenvalue weighted by Crippen LogP contribution is -2.12. The molecule has 0 saturated heterocycles. The molecule has 34 heavy (non-hydrogen) atoms. The number of hydrogen-bond donors (Lipinski definition) is 1. The highest BCUT2D eigenvalue weighted by molar-refractivity contribution is 6.04. The zero-order valence-corrected chi connectivity index (χ0v) is 19.0. The summed E-state index contributed by atoms with van der Waals surface area (Å²) in [6, 6.07) is 20.7. The third-order valence-corrected chi connectivity index (χ3v) is 5.09. The molecule has 0 aliphatic carbocycles. The topological polar surface area (TPSA) is 78.3 Å². The van der Waals surface area contributed by atoms with Gasteiger partial charge in [0.2, 0.25) is 0 Å². The van der Waals surface area contributed by atoms with Crippen molar-refractivity contribution in [1.29, 1.82) is 0 Å². The van der Waals surface area contributed by atoms with E-state index in [1.54, 1.807) is 16.8 Å². The number of aromatic nitrogens is 3. The summed E-state index contributed by atoms with van der Waals surface area (Å²) in [6.07, 6.45) is 0. The number of nitrogens with zero attached hydrogens (tertiary/aromatic N) is 3. The van der Waals surface area contributed by atoms with Gasteiger partial charge < -0.3 is 14.8 Å². The van der Waals surface area contributed by atoms with Crippen LogP contribution in [0.2, 0.25) is 0 Å². The van der Waals surface area contributed by atoms with Crippen LogP contribution in [0.15, 0.2) is 72.8 Å². The van der Waals surface area contributed by atoms with Crippen molar-refractivity contribution in [2.75, 3.05) is 25.1 Å². The van der Waals surface area contributed by atoms with Crippen molar-refractivity contribution in [3.8, 4) is 23.1 Å². The number of ether oxygens (including phenoxy) is 2. The van der Waals surface area contributed by atoms with E-state index in [0.29, 0.717) is 42.6 Å². The summed E-state index contributed by atoms with van der Waals surface area (Å²) in [5.41, 5.74) is 3.57. The molecule has 1 amide bonds. The third kappa shape index (κ3) is 5.47. The van der Waals surface area contributed by atoms with Crippen molar-refractivity contribution in [3.63, 3.8) is 0 Å². The number of benzene rings is 3. The minimum Gasteiger partial charge on any atom is -0.460 e. The molecule has 1 heterocycles. The quantitative estimate of drug-likeness (QED) is 0.354. The van der Waals surface area contributed by atoms with Crippen molar-refractivity contribution in [3.05, 3.63) is 89.7 Å². The van der Waals surface area contributed by atoms with Gasteiger partial charge in [0.1, 0.15) is 12.4 Å². The van der Waals surface area contributed by atoms with Crippen molar-refractivity contribution in [1.82, 2.24) is 14.8 Å². The molecule has 8 heteroatoms. The number of nitrogens with one attached hydrogen (secondary N) is 1. The van der Waals surface area contributed by atoms with Gasteiger partial charge in [-0.05, 0) is 61.9 Å². The van der Waals surface area contributed by atoms with Crippen molar-refractivity contribution in [2.24, 2.45) is 0 Å². The lowest BCUT2D eigenvalue weighted by Gasteiger charge is -2.10. The van der Waals surface area contributed by atoms with Gasteiger partial charge in [0.25, 0.3) is 5.91 Å². The van der Waals surface area contributed by atoms with E-state index in [2.05, 4.69) is 15.4 Å². The molecule has 0 bridgehead atoms. The number of carbonyl (C=O) groups excluding carboxylic acids is 1. The first-order valence-electron chi connectivity index (χ1n) is 11.0. The van der Waals surface area contributed by atoms with Crippen LogP contribution in [0.3, 0.4) is 0 Å². The first-order valence-corrected chi connectivity index (χ1v) is 11.0. The number of anilines is 1. The standard InChI is InChI=1S/C26H25FN4O3/c1-3-33-15-16-34-26-29-24(23-10-5-4-7-18(23)2)31(30-26)22-9-6-8-21(17-22)28-25(32)19-11-13-20(27)14-12-19/h4-14,17H,3,15-16H2,1-2H3,(H,28,32). The average molecular weight is 461 g/mol. The largest absolute Gasteiger partial charge is 0.460 e. The van der Waals surface area contributed by atoms with E-state index < -0.39 is 5.82 Å². The number of carbonyl (C=O) groups is 1. The molecule has 0 spiro atoms. The Bertz CT molecular complexity index is 1270. The zero-order chi connectivity index (χ0) is 23.9. The van der Waals surface area contributed by atoms with E-state index in [1.807, 2.05) is 50.2 Å². The van der Waals surface area contributed by atoms with Gasteiger partial charge in [-0.2, -0.15) is 4.98 Å². The van der Waals surface area contributed by atoms with Crippen molar-refractivity contribution >= 4 is 11.6 Å². The summed E-state index contributed by atoms with van der Waals surface area (Å²) < 4.78 is 25.9. The van der Waals surface area contributed by atoms with E-state index in [0.717, 1.165) is 11.1 Å². The normalized spacial score (nSPS) is 10.8. The molecule has 0 aliphatic rings. The SMILES string of the molecule is CCOCCOc1nc(-c2ccccc2C)n(-c2cccc(NC(=O)c3ccc(F)cc3)c2)n1. The lowest BCUT2D eigenvalue weighted by molar-refractivity contribution is 0.102. The molecule has 4 rings (SSSR count). The summed E-state index contributed by atoms with van der Waals surface area (Å²) in [5.74, 6) is -0.117. The van der Waals surface area contributed by atoms with Gasteiger partial charge in [-0.15, -0.1) is 5.10 Å². The molecule has 0 saturated carbocycles. The predicted molar refractivity (Wildman–Crippen MR) is 128 cm³/mol. The average Bonchev–Trinajstić information content (AvgIpc) is 3.27. The van der Waals surface area contributed by atoms with Crippen LogP contribution in [-0.4, -0.2) is 40.5 Å². The van der Waals surface area contributed by atoms with E-state index >= 15 is 0 Å². The molecular formula is C26H25FN4O3. The number of rotatable bonds is 9. The fourth-order valence-electron chi connectivity index (χ4n) is 3.39. The summed E-state index contributed by atoms with van der Waals surface area (Å²) >= 11 is 0. The van der Waals surface area contributed by atoms with Crippen LogP contribution < -0.4 is 10.1 Å². The second-order valence-corrected chi connectivity index (χ2v) is 7.50. The molecule has 0 aliphatic heterocycles. The summed E-state index contributed by atoms with van der Waals surface area (Å²) in [5, 5.41) is 7.40. The molecule has 4 aromatic rings. The Morgan fingerprint density at radius 2 is 1.82 bits per heavy atom. The molecule has 174 valence electrons. The van der Waals surface area contributed by atoms with Crippen LogP contribution >= 0.6 is 0 Å². The van der Waals surface area contributed by atoms with Gasteiger partial charge in [0.15, 0.2) is 5.82 Å². The molecule has 1 N–H and O–H groups in total.